The third-order valence-electron chi connectivity index (χ3n) is 3.11. The zero-order valence-corrected chi connectivity index (χ0v) is 12.7. The number of nitrogens with zero attached hydrogens (tertiary/aromatic N) is 2. The van der Waals surface area contributed by atoms with Crippen LogP contribution in [-0.2, 0) is 12.7 Å². The zero-order valence-electron chi connectivity index (χ0n) is 11.8. The van der Waals surface area contributed by atoms with Crippen LogP contribution in [0.3, 0.4) is 0 Å². The maximum atomic E-state index is 12.7. The number of alkyl halides is 3. The van der Waals surface area contributed by atoms with Gasteiger partial charge >= 0.3 is 6.18 Å². The summed E-state index contributed by atoms with van der Waals surface area (Å²) < 4.78 is 38.0. The molecule has 0 bridgehead atoms. The lowest BCUT2D eigenvalue weighted by Gasteiger charge is -2.08. The van der Waals surface area contributed by atoms with E-state index in [1.54, 1.807) is 0 Å². The molecule has 0 spiro atoms. The first-order valence-corrected chi connectivity index (χ1v) is 7.67. The quantitative estimate of drug-likeness (QED) is 0.742. The standard InChI is InChI=1S/C16H12F3N3S/c17-16(18,19)12-6-7-20-14(8-12)21-9-13-10-23-15(22-13)11-4-2-1-3-5-11/h1-8,10H,9H2,(H,20,21). The number of rotatable bonds is 4. The molecule has 0 aliphatic heterocycles. The highest BCUT2D eigenvalue weighted by Gasteiger charge is 2.30. The maximum Gasteiger partial charge on any atom is 0.416 e. The van der Waals surface area contributed by atoms with Gasteiger partial charge in [0, 0.05) is 17.1 Å². The van der Waals surface area contributed by atoms with Gasteiger partial charge in [0.15, 0.2) is 0 Å². The Morgan fingerprint density at radius 2 is 1.87 bits per heavy atom. The van der Waals surface area contributed by atoms with E-state index in [1.807, 2.05) is 35.7 Å². The minimum atomic E-state index is -4.37. The molecular weight excluding hydrogens is 323 g/mol. The van der Waals surface area contributed by atoms with Crippen LogP contribution in [0.5, 0.6) is 0 Å². The minimum absolute atomic E-state index is 0.175. The number of aromatic nitrogens is 2. The zero-order chi connectivity index (χ0) is 16.3. The van der Waals surface area contributed by atoms with E-state index in [9.17, 15) is 13.2 Å². The Morgan fingerprint density at radius 3 is 2.61 bits per heavy atom. The number of anilines is 1. The van der Waals surface area contributed by atoms with Crippen LogP contribution in [-0.4, -0.2) is 9.97 Å². The predicted molar refractivity (Wildman–Crippen MR) is 84.1 cm³/mol. The average Bonchev–Trinajstić information content (AvgIpc) is 3.02. The summed E-state index contributed by atoms with van der Waals surface area (Å²) in [5, 5.41) is 5.62. The molecule has 1 aromatic carbocycles. The third kappa shape index (κ3) is 3.87. The largest absolute Gasteiger partial charge is 0.416 e. The number of benzene rings is 1. The van der Waals surface area contributed by atoms with E-state index in [4.69, 9.17) is 0 Å². The molecule has 3 aromatic rings. The molecule has 1 N–H and O–H groups in total. The summed E-state index contributed by atoms with van der Waals surface area (Å²) in [6.07, 6.45) is -3.23. The van der Waals surface area contributed by atoms with E-state index in [0.717, 1.165) is 34.6 Å². The highest BCUT2D eigenvalue weighted by molar-refractivity contribution is 7.13. The maximum absolute atomic E-state index is 12.7. The Hall–Kier alpha value is -2.41. The first-order chi connectivity index (χ1) is 11.0. The summed E-state index contributed by atoms with van der Waals surface area (Å²) in [5.74, 6) is 0.175. The van der Waals surface area contributed by atoms with Gasteiger partial charge in [-0.15, -0.1) is 11.3 Å². The Labute approximate surface area is 134 Å². The van der Waals surface area contributed by atoms with Gasteiger partial charge in [0.1, 0.15) is 10.8 Å². The van der Waals surface area contributed by atoms with Crippen molar-refractivity contribution in [1.82, 2.24) is 9.97 Å². The van der Waals surface area contributed by atoms with Crippen LogP contribution < -0.4 is 5.32 Å². The molecule has 0 saturated heterocycles. The number of hydrogen-bond donors (Lipinski definition) is 1. The molecule has 0 aliphatic carbocycles. The van der Waals surface area contributed by atoms with Crippen molar-refractivity contribution in [2.24, 2.45) is 0 Å². The van der Waals surface area contributed by atoms with E-state index < -0.39 is 11.7 Å². The van der Waals surface area contributed by atoms with Gasteiger partial charge in [-0.05, 0) is 12.1 Å². The van der Waals surface area contributed by atoms with E-state index in [1.165, 1.54) is 11.3 Å². The van der Waals surface area contributed by atoms with Crippen LogP contribution in [0.15, 0.2) is 54.0 Å². The van der Waals surface area contributed by atoms with Crippen molar-refractivity contribution < 1.29 is 13.2 Å². The lowest BCUT2D eigenvalue weighted by molar-refractivity contribution is -0.137. The summed E-state index contributed by atoms with van der Waals surface area (Å²) in [6.45, 7) is 0.317. The Bertz CT molecular complexity index is 785. The summed E-state index contributed by atoms with van der Waals surface area (Å²) in [6, 6.07) is 11.7. The second kappa shape index (κ2) is 6.37. The van der Waals surface area contributed by atoms with Crippen molar-refractivity contribution in [2.45, 2.75) is 12.7 Å². The van der Waals surface area contributed by atoms with Crippen LogP contribution in [0.1, 0.15) is 11.3 Å². The molecule has 0 aliphatic rings. The Morgan fingerprint density at radius 1 is 1.09 bits per heavy atom. The van der Waals surface area contributed by atoms with Gasteiger partial charge in [-0.1, -0.05) is 30.3 Å². The highest BCUT2D eigenvalue weighted by Crippen LogP contribution is 2.30. The summed E-state index contributed by atoms with van der Waals surface area (Å²) in [5.41, 5.74) is 1.05. The number of thiazole rings is 1. The van der Waals surface area contributed by atoms with Crippen molar-refractivity contribution >= 4 is 17.2 Å². The van der Waals surface area contributed by atoms with Gasteiger partial charge in [0.25, 0.3) is 0 Å². The smallest absolute Gasteiger partial charge is 0.364 e. The fourth-order valence-corrected chi connectivity index (χ4v) is 2.81. The van der Waals surface area contributed by atoms with Crippen LogP contribution in [0.2, 0.25) is 0 Å². The molecular formula is C16H12F3N3S. The number of halogens is 3. The first kappa shape index (κ1) is 15.5. The topological polar surface area (TPSA) is 37.8 Å². The summed E-state index contributed by atoms with van der Waals surface area (Å²) in [7, 11) is 0. The van der Waals surface area contributed by atoms with Gasteiger partial charge in [-0.2, -0.15) is 13.2 Å². The molecule has 3 rings (SSSR count). The molecule has 2 heterocycles. The SMILES string of the molecule is FC(F)(F)c1ccnc(NCc2csc(-c3ccccc3)n2)c1. The second-order valence-corrected chi connectivity index (χ2v) is 5.65. The Balaban J connectivity index is 1.69. The molecule has 118 valence electrons. The molecule has 0 amide bonds. The van der Waals surface area contributed by atoms with E-state index >= 15 is 0 Å². The van der Waals surface area contributed by atoms with Crippen LogP contribution in [0, 0.1) is 0 Å². The summed E-state index contributed by atoms with van der Waals surface area (Å²) >= 11 is 1.49. The first-order valence-electron chi connectivity index (χ1n) is 6.79. The van der Waals surface area contributed by atoms with Crippen LogP contribution >= 0.6 is 11.3 Å². The van der Waals surface area contributed by atoms with Crippen molar-refractivity contribution in [1.29, 1.82) is 0 Å². The minimum Gasteiger partial charge on any atom is -0.364 e. The van der Waals surface area contributed by atoms with Crippen LogP contribution in [0.25, 0.3) is 10.6 Å². The molecule has 2 aromatic heterocycles. The lowest BCUT2D eigenvalue weighted by Crippen LogP contribution is -2.07. The second-order valence-electron chi connectivity index (χ2n) is 4.79. The summed E-state index contributed by atoms with van der Waals surface area (Å²) in [4.78, 5) is 8.37. The van der Waals surface area contributed by atoms with Crippen molar-refractivity contribution in [3.05, 3.63) is 65.3 Å². The number of pyridine rings is 1. The number of nitrogens with one attached hydrogen (secondary N) is 1. The molecule has 0 radical (unpaired) electrons. The van der Waals surface area contributed by atoms with Crippen molar-refractivity contribution in [2.75, 3.05) is 5.32 Å². The fraction of sp³-hybridized carbons (Fsp3) is 0.125. The van der Waals surface area contributed by atoms with Gasteiger partial charge in [0.05, 0.1) is 17.8 Å². The van der Waals surface area contributed by atoms with Gasteiger partial charge in [0.2, 0.25) is 0 Å². The van der Waals surface area contributed by atoms with Gasteiger partial charge in [-0.25, -0.2) is 9.97 Å². The monoisotopic (exact) mass is 335 g/mol. The third-order valence-corrected chi connectivity index (χ3v) is 4.05. The van der Waals surface area contributed by atoms with E-state index in [0.29, 0.717) is 6.54 Å². The lowest BCUT2D eigenvalue weighted by atomic mass is 10.2. The Kier molecular flexibility index (Phi) is 4.29. The van der Waals surface area contributed by atoms with Gasteiger partial charge < -0.3 is 5.32 Å². The fourth-order valence-electron chi connectivity index (χ4n) is 1.99. The van der Waals surface area contributed by atoms with E-state index in [-0.39, 0.29) is 5.82 Å². The normalized spacial score (nSPS) is 11.4. The molecule has 0 atom stereocenters. The van der Waals surface area contributed by atoms with Crippen molar-refractivity contribution in [3.8, 4) is 10.6 Å². The highest BCUT2D eigenvalue weighted by atomic mass is 32.1. The van der Waals surface area contributed by atoms with Crippen molar-refractivity contribution in [3.63, 3.8) is 0 Å². The molecule has 0 unspecified atom stereocenters. The molecule has 23 heavy (non-hydrogen) atoms. The molecule has 3 nitrogen and oxygen atoms in total. The molecule has 0 saturated carbocycles. The van der Waals surface area contributed by atoms with E-state index in [2.05, 4.69) is 15.3 Å². The number of hydrogen-bond acceptors (Lipinski definition) is 4. The van der Waals surface area contributed by atoms with Crippen LogP contribution in [0.4, 0.5) is 19.0 Å². The predicted octanol–water partition coefficient (Wildman–Crippen LogP) is 4.84. The molecule has 7 heteroatoms. The molecule has 0 fully saturated rings. The van der Waals surface area contributed by atoms with Gasteiger partial charge in [-0.3, -0.25) is 0 Å². The average molecular weight is 335 g/mol.